The second-order valence-corrected chi connectivity index (χ2v) is 9.35. The van der Waals surface area contributed by atoms with Crippen LogP contribution in [-0.4, -0.2) is 91.0 Å². The molecule has 1 aromatic carbocycles. The van der Waals surface area contributed by atoms with Gasteiger partial charge in [-0.1, -0.05) is 0 Å². The Kier molecular flexibility index (Phi) is 7.77. The summed E-state index contributed by atoms with van der Waals surface area (Å²) in [7, 11) is 5.79. The zero-order valence-electron chi connectivity index (χ0n) is 19.5. The average Bonchev–Trinajstić information content (AvgIpc) is 2.76. The van der Waals surface area contributed by atoms with E-state index in [0.29, 0.717) is 24.2 Å². The molecule has 4 rings (SSSR count). The molecular formula is C24H35N3O5. The van der Waals surface area contributed by atoms with E-state index in [1.807, 2.05) is 30.0 Å². The van der Waals surface area contributed by atoms with Crippen molar-refractivity contribution in [3.63, 3.8) is 0 Å². The molecule has 0 unspecified atom stereocenters. The Morgan fingerprint density at radius 3 is 2.59 bits per heavy atom. The first-order valence-electron chi connectivity index (χ1n) is 11.3. The maximum absolute atomic E-state index is 13.3. The smallest absolute Gasteiger partial charge is 0.290 e. The van der Waals surface area contributed by atoms with E-state index < -0.39 is 0 Å². The molecule has 32 heavy (non-hydrogen) atoms. The summed E-state index contributed by atoms with van der Waals surface area (Å²) in [5, 5.41) is 6.89. The largest absolute Gasteiger partial charge is 0.496 e. The number of rotatable bonds is 4. The molecule has 4 atom stereocenters. The van der Waals surface area contributed by atoms with Crippen LogP contribution in [0.25, 0.3) is 0 Å². The van der Waals surface area contributed by atoms with Gasteiger partial charge in [-0.15, -0.1) is 0 Å². The SMILES string of the molecule is COc1ccc(C(=O)N2C[C@H]3C[C@@H](C2)[C@H](CN(C)C)N2C(=O)CCC[C@@H]32)cc1C.O=CO. The van der Waals surface area contributed by atoms with Gasteiger partial charge >= 0.3 is 0 Å². The van der Waals surface area contributed by atoms with Gasteiger partial charge in [0.25, 0.3) is 12.4 Å². The molecule has 3 aliphatic heterocycles. The molecule has 1 aromatic rings. The molecule has 0 radical (unpaired) electrons. The number of carbonyl (C=O) groups excluding carboxylic acids is 2. The van der Waals surface area contributed by atoms with Crippen molar-refractivity contribution in [2.45, 2.75) is 44.7 Å². The summed E-state index contributed by atoms with van der Waals surface area (Å²) in [6, 6.07) is 6.16. The first-order chi connectivity index (χ1) is 15.3. The lowest BCUT2D eigenvalue weighted by Crippen LogP contribution is -2.67. The molecule has 2 bridgehead atoms. The predicted molar refractivity (Wildman–Crippen MR) is 121 cm³/mol. The third kappa shape index (κ3) is 4.90. The Balaban J connectivity index is 0.000000913. The van der Waals surface area contributed by atoms with Crippen molar-refractivity contribution in [3.8, 4) is 5.75 Å². The van der Waals surface area contributed by atoms with Crippen molar-refractivity contribution in [1.29, 1.82) is 0 Å². The molecule has 0 aliphatic carbocycles. The summed E-state index contributed by atoms with van der Waals surface area (Å²) in [5.74, 6) is 1.95. The Morgan fingerprint density at radius 1 is 1.28 bits per heavy atom. The monoisotopic (exact) mass is 445 g/mol. The fourth-order valence-corrected chi connectivity index (χ4v) is 5.74. The van der Waals surface area contributed by atoms with Crippen molar-refractivity contribution < 1.29 is 24.2 Å². The minimum atomic E-state index is -0.250. The number of ether oxygens (including phenoxy) is 1. The molecule has 3 heterocycles. The number of likely N-dealkylation sites (tertiary alicyclic amines) is 1. The summed E-state index contributed by atoms with van der Waals surface area (Å²) < 4.78 is 5.34. The number of amides is 2. The third-order valence-electron chi connectivity index (χ3n) is 6.98. The molecule has 8 heteroatoms. The van der Waals surface area contributed by atoms with Crippen molar-refractivity contribution in [2.24, 2.45) is 11.8 Å². The average molecular weight is 446 g/mol. The minimum absolute atomic E-state index is 0.102. The van der Waals surface area contributed by atoms with Gasteiger partial charge in [0.05, 0.1) is 7.11 Å². The van der Waals surface area contributed by atoms with Gasteiger partial charge in [0.2, 0.25) is 5.91 Å². The maximum Gasteiger partial charge on any atom is 0.290 e. The lowest BCUT2D eigenvalue weighted by molar-refractivity contribution is -0.152. The molecule has 8 nitrogen and oxygen atoms in total. The van der Waals surface area contributed by atoms with Crippen molar-refractivity contribution >= 4 is 18.3 Å². The number of likely N-dealkylation sites (N-methyl/N-ethyl adjacent to an activating group) is 1. The van der Waals surface area contributed by atoms with Crippen LogP contribution in [0.1, 0.15) is 41.6 Å². The first-order valence-corrected chi connectivity index (χ1v) is 11.3. The van der Waals surface area contributed by atoms with E-state index in [9.17, 15) is 9.59 Å². The molecule has 0 saturated carbocycles. The van der Waals surface area contributed by atoms with E-state index in [4.69, 9.17) is 14.6 Å². The topological polar surface area (TPSA) is 90.4 Å². The lowest BCUT2D eigenvalue weighted by atomic mass is 9.72. The highest BCUT2D eigenvalue weighted by molar-refractivity contribution is 5.94. The van der Waals surface area contributed by atoms with Crippen LogP contribution in [0.15, 0.2) is 18.2 Å². The summed E-state index contributed by atoms with van der Waals surface area (Å²) in [6.07, 6.45) is 3.84. The fraction of sp³-hybridized carbons (Fsp3) is 0.625. The van der Waals surface area contributed by atoms with Crippen molar-refractivity contribution in [1.82, 2.24) is 14.7 Å². The molecule has 1 N–H and O–H groups in total. The van der Waals surface area contributed by atoms with E-state index in [1.54, 1.807) is 7.11 Å². The number of methoxy groups -OCH3 is 1. The van der Waals surface area contributed by atoms with Gasteiger partial charge in [-0.25, -0.2) is 0 Å². The molecule has 0 aromatic heterocycles. The van der Waals surface area contributed by atoms with Gasteiger partial charge in [0.1, 0.15) is 5.75 Å². The molecule has 176 valence electrons. The van der Waals surface area contributed by atoms with Gasteiger partial charge in [-0.2, -0.15) is 0 Å². The van der Waals surface area contributed by atoms with Crippen LogP contribution < -0.4 is 4.74 Å². The molecule has 0 spiro atoms. The Hall–Kier alpha value is -2.61. The van der Waals surface area contributed by atoms with Crippen LogP contribution in [0.3, 0.4) is 0 Å². The van der Waals surface area contributed by atoms with E-state index in [2.05, 4.69) is 23.9 Å². The number of fused-ring (bicyclic) bond motifs is 4. The molecular weight excluding hydrogens is 410 g/mol. The van der Waals surface area contributed by atoms with Crippen LogP contribution in [0.5, 0.6) is 5.75 Å². The lowest BCUT2D eigenvalue weighted by Gasteiger charge is -2.57. The fourth-order valence-electron chi connectivity index (χ4n) is 5.74. The quantitative estimate of drug-likeness (QED) is 0.714. The van der Waals surface area contributed by atoms with Gasteiger partial charge < -0.3 is 24.5 Å². The highest BCUT2D eigenvalue weighted by Gasteiger charge is 2.50. The van der Waals surface area contributed by atoms with Crippen LogP contribution in [0, 0.1) is 18.8 Å². The van der Waals surface area contributed by atoms with Crippen molar-refractivity contribution in [2.75, 3.05) is 40.8 Å². The third-order valence-corrected chi connectivity index (χ3v) is 6.98. The first kappa shape index (κ1) is 24.0. The number of carboxylic acid groups (broad SMARTS) is 1. The Morgan fingerprint density at radius 2 is 1.97 bits per heavy atom. The summed E-state index contributed by atoms with van der Waals surface area (Å²) in [6.45, 7) is 4.07. The zero-order valence-corrected chi connectivity index (χ0v) is 19.5. The number of hydrogen-bond acceptors (Lipinski definition) is 5. The number of benzene rings is 1. The second-order valence-electron chi connectivity index (χ2n) is 9.35. The standard InChI is InChI=1S/C23H33N3O3.CH2O2/c1-15-10-16(8-9-21(15)29-4)23(28)25-12-17-11-18(13-25)20(14-24(2)3)26-19(17)6-5-7-22(26)27;2-1-3/h8-10,17-20H,5-7,11-14H2,1-4H3;1H,(H,2,3)/t17-,18+,19+,20+;/m1./s1. The van der Waals surface area contributed by atoms with E-state index in [0.717, 1.165) is 55.8 Å². The summed E-state index contributed by atoms with van der Waals surface area (Å²) >= 11 is 0. The zero-order chi connectivity index (χ0) is 23.4. The normalized spacial score (nSPS) is 26.7. The van der Waals surface area contributed by atoms with E-state index in [-0.39, 0.29) is 24.5 Å². The van der Waals surface area contributed by atoms with Crippen LogP contribution in [0.4, 0.5) is 0 Å². The Bertz CT molecular complexity index is 843. The summed E-state index contributed by atoms with van der Waals surface area (Å²) in [4.78, 5) is 40.9. The summed E-state index contributed by atoms with van der Waals surface area (Å²) in [5.41, 5.74) is 1.70. The predicted octanol–water partition coefficient (Wildman–Crippen LogP) is 2.11. The number of piperidine rings is 3. The molecule has 3 saturated heterocycles. The van der Waals surface area contributed by atoms with Gasteiger partial charge in [0, 0.05) is 43.7 Å². The molecule has 3 aliphatic rings. The maximum atomic E-state index is 13.3. The van der Waals surface area contributed by atoms with Gasteiger partial charge in [-0.05, 0) is 75.9 Å². The number of hydrogen-bond donors (Lipinski definition) is 1. The van der Waals surface area contributed by atoms with Crippen LogP contribution in [0.2, 0.25) is 0 Å². The highest BCUT2D eigenvalue weighted by Crippen LogP contribution is 2.42. The molecule has 3 fully saturated rings. The Labute approximate surface area is 190 Å². The second kappa shape index (κ2) is 10.3. The van der Waals surface area contributed by atoms with E-state index in [1.165, 1.54) is 0 Å². The molecule has 2 amide bonds. The van der Waals surface area contributed by atoms with E-state index >= 15 is 0 Å². The van der Waals surface area contributed by atoms with Crippen molar-refractivity contribution in [3.05, 3.63) is 29.3 Å². The number of carbonyl (C=O) groups is 3. The van der Waals surface area contributed by atoms with Gasteiger partial charge in [-0.3, -0.25) is 14.4 Å². The van der Waals surface area contributed by atoms with Crippen LogP contribution in [-0.2, 0) is 9.59 Å². The van der Waals surface area contributed by atoms with Crippen LogP contribution >= 0.6 is 0 Å². The number of aryl methyl sites for hydroxylation is 1. The minimum Gasteiger partial charge on any atom is -0.496 e. The van der Waals surface area contributed by atoms with Gasteiger partial charge in [0.15, 0.2) is 0 Å². The number of nitrogens with zero attached hydrogens (tertiary/aromatic N) is 3. The highest BCUT2D eigenvalue weighted by atomic mass is 16.5.